The van der Waals surface area contributed by atoms with E-state index in [-0.39, 0.29) is 31.1 Å². The molecule has 0 radical (unpaired) electrons. The molecule has 4 rings (SSSR count). The van der Waals surface area contributed by atoms with Crippen molar-refractivity contribution in [3.05, 3.63) is 87.0 Å². The van der Waals surface area contributed by atoms with Crippen molar-refractivity contribution in [3.8, 4) is 11.1 Å². The molecule has 0 aliphatic rings. The summed E-state index contributed by atoms with van der Waals surface area (Å²) in [6, 6.07) is 13.3. The topological polar surface area (TPSA) is 64.4 Å². The fourth-order valence-corrected chi connectivity index (χ4v) is 4.24. The van der Waals surface area contributed by atoms with Gasteiger partial charge in [-0.3, -0.25) is 9.36 Å². The van der Waals surface area contributed by atoms with Crippen molar-refractivity contribution in [2.45, 2.75) is 19.3 Å². The van der Waals surface area contributed by atoms with Gasteiger partial charge in [-0.15, -0.1) is 11.3 Å². The molecule has 8 heteroatoms. The van der Waals surface area contributed by atoms with Gasteiger partial charge in [0.15, 0.2) is 0 Å². The van der Waals surface area contributed by atoms with Gasteiger partial charge in [-0.2, -0.15) is 0 Å². The Morgan fingerprint density at radius 1 is 1.20 bits per heavy atom. The summed E-state index contributed by atoms with van der Waals surface area (Å²) < 4.78 is 20.2. The zero-order valence-electron chi connectivity index (χ0n) is 15.8. The van der Waals surface area contributed by atoms with E-state index in [2.05, 4.69) is 4.98 Å². The highest BCUT2D eigenvalue weighted by atomic mass is 35.5. The Morgan fingerprint density at radius 3 is 2.73 bits per heavy atom. The number of aliphatic hydroxyl groups is 1. The molecule has 2 aromatic carbocycles. The molecule has 0 saturated carbocycles. The zero-order valence-corrected chi connectivity index (χ0v) is 17.4. The molecule has 2 heterocycles. The van der Waals surface area contributed by atoms with Gasteiger partial charge in [0.25, 0.3) is 5.56 Å². The van der Waals surface area contributed by atoms with Gasteiger partial charge in [-0.05, 0) is 29.3 Å². The second-order valence-corrected chi connectivity index (χ2v) is 8.06. The Balaban J connectivity index is 1.49. The number of halogens is 2. The van der Waals surface area contributed by atoms with Gasteiger partial charge in [-0.1, -0.05) is 41.9 Å². The maximum atomic E-state index is 13.2. The first-order chi connectivity index (χ1) is 14.5. The maximum Gasteiger partial charge on any atom is 0.262 e. The van der Waals surface area contributed by atoms with Crippen LogP contribution in [-0.4, -0.2) is 27.4 Å². The van der Waals surface area contributed by atoms with E-state index in [4.69, 9.17) is 16.3 Å². The first kappa shape index (κ1) is 20.7. The highest BCUT2D eigenvalue weighted by Gasteiger charge is 2.15. The summed E-state index contributed by atoms with van der Waals surface area (Å²) >= 11 is 7.44. The number of thiophene rings is 1. The molecule has 0 spiro atoms. The number of hydrogen-bond acceptors (Lipinski definition) is 5. The standard InChI is InChI=1S/C22H18ClFN2O3S/c23-19-4-2-1-3-15(19)10-29-11-17(27)9-26-13-25-21-20(22(26)28)18(12-30-21)14-5-7-16(24)8-6-14/h1-8,12-13,17,27H,9-11H2/t17-/m0/s1. The summed E-state index contributed by atoms with van der Waals surface area (Å²) in [6.45, 7) is 0.356. The number of nitrogens with zero attached hydrogens (tertiary/aromatic N) is 2. The Kier molecular flexibility index (Phi) is 6.24. The van der Waals surface area contributed by atoms with Crippen LogP contribution in [0.25, 0.3) is 21.3 Å². The van der Waals surface area contributed by atoms with Gasteiger partial charge in [0.2, 0.25) is 0 Å². The number of ether oxygens (including phenoxy) is 1. The Morgan fingerprint density at radius 2 is 1.97 bits per heavy atom. The van der Waals surface area contributed by atoms with Crippen molar-refractivity contribution in [1.29, 1.82) is 0 Å². The fraction of sp³-hybridized carbons (Fsp3) is 0.182. The van der Waals surface area contributed by atoms with Crippen molar-refractivity contribution in [1.82, 2.24) is 9.55 Å². The van der Waals surface area contributed by atoms with Crippen LogP contribution >= 0.6 is 22.9 Å². The van der Waals surface area contributed by atoms with E-state index in [1.54, 1.807) is 18.2 Å². The van der Waals surface area contributed by atoms with Crippen molar-refractivity contribution >= 4 is 33.2 Å². The van der Waals surface area contributed by atoms with Crippen LogP contribution in [-0.2, 0) is 17.9 Å². The second-order valence-electron chi connectivity index (χ2n) is 6.80. The molecule has 5 nitrogen and oxygen atoms in total. The van der Waals surface area contributed by atoms with Crippen LogP contribution in [0, 0.1) is 5.82 Å². The van der Waals surface area contributed by atoms with Gasteiger partial charge in [0.1, 0.15) is 10.6 Å². The summed E-state index contributed by atoms with van der Waals surface area (Å²) in [5.41, 5.74) is 2.01. The lowest BCUT2D eigenvalue weighted by molar-refractivity contribution is 0.0199. The van der Waals surface area contributed by atoms with E-state index in [1.807, 2.05) is 23.6 Å². The van der Waals surface area contributed by atoms with E-state index >= 15 is 0 Å². The summed E-state index contributed by atoms with van der Waals surface area (Å²) in [6.07, 6.45) is 0.532. The maximum absolute atomic E-state index is 13.2. The molecular weight excluding hydrogens is 427 g/mol. The summed E-state index contributed by atoms with van der Waals surface area (Å²) in [5.74, 6) is -0.339. The van der Waals surface area contributed by atoms with Crippen LogP contribution in [0.1, 0.15) is 5.56 Å². The third-order valence-electron chi connectivity index (χ3n) is 4.65. The smallest absolute Gasteiger partial charge is 0.262 e. The van der Waals surface area contributed by atoms with Crippen molar-refractivity contribution in [2.24, 2.45) is 0 Å². The summed E-state index contributed by atoms with van der Waals surface area (Å²) in [5, 5.41) is 13.2. The highest BCUT2D eigenvalue weighted by Crippen LogP contribution is 2.30. The molecule has 0 bridgehead atoms. The highest BCUT2D eigenvalue weighted by molar-refractivity contribution is 7.17. The first-order valence-corrected chi connectivity index (χ1v) is 10.5. The van der Waals surface area contributed by atoms with Crippen molar-refractivity contribution in [3.63, 3.8) is 0 Å². The summed E-state index contributed by atoms with van der Waals surface area (Å²) in [7, 11) is 0. The second kappa shape index (κ2) is 9.06. The number of hydrogen-bond donors (Lipinski definition) is 1. The number of benzene rings is 2. The van der Waals surface area contributed by atoms with Gasteiger partial charge in [0, 0.05) is 16.0 Å². The minimum absolute atomic E-state index is 0.0446. The quantitative estimate of drug-likeness (QED) is 0.456. The van der Waals surface area contributed by atoms with E-state index in [0.29, 0.717) is 20.8 Å². The molecule has 30 heavy (non-hydrogen) atoms. The minimum Gasteiger partial charge on any atom is -0.389 e. The van der Waals surface area contributed by atoms with Crippen molar-refractivity contribution < 1.29 is 14.2 Å². The molecule has 0 fully saturated rings. The lowest BCUT2D eigenvalue weighted by atomic mass is 10.1. The fourth-order valence-electron chi connectivity index (χ4n) is 3.14. The van der Waals surface area contributed by atoms with Crippen LogP contribution in [0.2, 0.25) is 5.02 Å². The molecule has 1 atom stereocenters. The summed E-state index contributed by atoms with van der Waals surface area (Å²) in [4.78, 5) is 17.9. The lowest BCUT2D eigenvalue weighted by Crippen LogP contribution is -2.29. The molecule has 2 aromatic heterocycles. The van der Waals surface area contributed by atoms with Crippen LogP contribution in [0.3, 0.4) is 0 Å². The lowest BCUT2D eigenvalue weighted by Gasteiger charge is -2.13. The van der Waals surface area contributed by atoms with E-state index < -0.39 is 6.10 Å². The van der Waals surface area contributed by atoms with E-state index in [0.717, 1.165) is 11.1 Å². The molecule has 0 unspecified atom stereocenters. The molecule has 0 aliphatic heterocycles. The first-order valence-electron chi connectivity index (χ1n) is 9.24. The Bertz CT molecular complexity index is 1220. The molecule has 154 valence electrons. The van der Waals surface area contributed by atoms with Gasteiger partial charge in [-0.25, -0.2) is 9.37 Å². The molecule has 1 N–H and O–H groups in total. The van der Waals surface area contributed by atoms with E-state index in [1.165, 1.54) is 34.4 Å². The molecule has 0 saturated heterocycles. The number of rotatable bonds is 7. The van der Waals surface area contributed by atoms with Crippen LogP contribution < -0.4 is 5.56 Å². The van der Waals surface area contributed by atoms with Gasteiger partial charge in [0.05, 0.1) is 37.6 Å². The predicted octanol–water partition coefficient (Wildman–Crippen LogP) is 4.50. The van der Waals surface area contributed by atoms with Crippen LogP contribution in [0.4, 0.5) is 4.39 Å². The van der Waals surface area contributed by atoms with Crippen LogP contribution in [0.15, 0.2) is 65.0 Å². The number of fused-ring (bicyclic) bond motifs is 1. The predicted molar refractivity (Wildman–Crippen MR) is 116 cm³/mol. The number of aliphatic hydroxyl groups excluding tert-OH is 1. The third-order valence-corrected chi connectivity index (χ3v) is 5.90. The van der Waals surface area contributed by atoms with E-state index in [9.17, 15) is 14.3 Å². The monoisotopic (exact) mass is 444 g/mol. The Labute approximate surface area is 181 Å². The largest absolute Gasteiger partial charge is 0.389 e. The third kappa shape index (κ3) is 4.44. The molecule has 4 aromatic rings. The molecular formula is C22H18ClFN2O3S. The molecule has 0 aliphatic carbocycles. The zero-order chi connectivity index (χ0) is 21.1. The SMILES string of the molecule is O=c1c2c(-c3ccc(F)cc3)csc2ncn1C[C@H](O)COCc1ccccc1Cl. The van der Waals surface area contributed by atoms with Crippen molar-refractivity contribution in [2.75, 3.05) is 6.61 Å². The normalized spacial score (nSPS) is 12.4. The number of aromatic nitrogens is 2. The van der Waals surface area contributed by atoms with Gasteiger partial charge >= 0.3 is 0 Å². The van der Waals surface area contributed by atoms with Gasteiger partial charge < -0.3 is 9.84 Å². The Hall–Kier alpha value is -2.58. The van der Waals surface area contributed by atoms with Crippen LogP contribution in [0.5, 0.6) is 0 Å². The average molecular weight is 445 g/mol. The average Bonchev–Trinajstić information content (AvgIpc) is 3.17. The molecule has 0 amide bonds. The minimum atomic E-state index is -0.891.